The van der Waals surface area contributed by atoms with Crippen LogP contribution in [-0.4, -0.2) is 61.8 Å². The molecule has 1 heterocycles. The fraction of sp³-hybridized carbons (Fsp3) is 0.588. The second kappa shape index (κ2) is 7.88. The Kier molecular flexibility index (Phi) is 6.15. The van der Waals surface area contributed by atoms with E-state index >= 15 is 0 Å². The van der Waals surface area contributed by atoms with Crippen molar-refractivity contribution in [2.45, 2.75) is 23.5 Å². The van der Waals surface area contributed by atoms with Gasteiger partial charge >= 0.3 is 0 Å². The molecule has 22 heavy (non-hydrogen) atoms. The molecule has 0 unspecified atom stereocenters. The molecular formula is C17H26N2O2S. The van der Waals surface area contributed by atoms with Crippen LogP contribution in [0.5, 0.6) is 5.75 Å². The quantitative estimate of drug-likeness (QED) is 0.754. The maximum Gasteiger partial charge on any atom is 0.235 e. The van der Waals surface area contributed by atoms with Crippen molar-refractivity contribution >= 4 is 17.7 Å². The Hall–Kier alpha value is -1.20. The molecule has 0 aromatic heterocycles. The Bertz CT molecular complexity index is 490. The predicted molar refractivity (Wildman–Crippen MR) is 91.6 cm³/mol. The Morgan fingerprint density at radius 3 is 2.68 bits per heavy atom. The van der Waals surface area contributed by atoms with Gasteiger partial charge in [0.15, 0.2) is 0 Å². The van der Waals surface area contributed by atoms with Crippen molar-refractivity contribution in [1.82, 2.24) is 9.80 Å². The highest BCUT2D eigenvalue weighted by molar-refractivity contribution is 8.00. The minimum atomic E-state index is -0.0495. The number of carbonyl (C=O) groups excluding carboxylic acids is 1. The number of carbonyl (C=O) groups is 1. The molecule has 2 atom stereocenters. The molecule has 5 heteroatoms. The molecule has 122 valence electrons. The number of hydrogen-bond acceptors (Lipinski definition) is 4. The van der Waals surface area contributed by atoms with E-state index in [9.17, 15) is 4.79 Å². The van der Waals surface area contributed by atoms with Gasteiger partial charge in [-0.15, -0.1) is 11.8 Å². The summed E-state index contributed by atoms with van der Waals surface area (Å²) in [4.78, 5) is 17.9. The number of amides is 1. The molecule has 0 spiro atoms. The standard InChI is InChI=1S/C17H26N2O2S/c1-13(22-16-7-5-15(21-4)6-8-16)17(20)19-10-9-14(12-19)11-18(2)3/h5-8,13-14H,9-12H2,1-4H3/t13-,14+/m0/s1. The molecule has 1 aromatic rings. The molecule has 1 aliphatic heterocycles. The van der Waals surface area contributed by atoms with E-state index in [2.05, 4.69) is 19.0 Å². The average molecular weight is 322 g/mol. The van der Waals surface area contributed by atoms with Crippen LogP contribution in [-0.2, 0) is 4.79 Å². The van der Waals surface area contributed by atoms with Crippen LogP contribution in [0.15, 0.2) is 29.2 Å². The summed E-state index contributed by atoms with van der Waals surface area (Å²) in [5.74, 6) is 1.70. The molecule has 1 aromatic carbocycles. The first-order valence-electron chi connectivity index (χ1n) is 7.74. The first-order valence-corrected chi connectivity index (χ1v) is 8.61. The third-order valence-corrected chi connectivity index (χ3v) is 5.04. The van der Waals surface area contributed by atoms with Gasteiger partial charge in [-0.1, -0.05) is 0 Å². The smallest absolute Gasteiger partial charge is 0.235 e. The number of likely N-dealkylation sites (tertiary alicyclic amines) is 1. The van der Waals surface area contributed by atoms with Gasteiger partial charge in [0.25, 0.3) is 0 Å². The fourth-order valence-corrected chi connectivity index (χ4v) is 3.82. The van der Waals surface area contributed by atoms with Gasteiger partial charge in [0, 0.05) is 24.5 Å². The summed E-state index contributed by atoms with van der Waals surface area (Å²) in [6, 6.07) is 7.88. The largest absolute Gasteiger partial charge is 0.497 e. The maximum atomic E-state index is 12.6. The number of rotatable bonds is 6. The SMILES string of the molecule is COc1ccc(S[C@@H](C)C(=O)N2CC[C@H](CN(C)C)C2)cc1. The van der Waals surface area contributed by atoms with Crippen LogP contribution in [0.25, 0.3) is 0 Å². The summed E-state index contributed by atoms with van der Waals surface area (Å²) in [7, 11) is 5.84. The highest BCUT2D eigenvalue weighted by Crippen LogP contribution is 2.28. The number of benzene rings is 1. The molecular weight excluding hydrogens is 296 g/mol. The number of hydrogen-bond donors (Lipinski definition) is 0. The lowest BCUT2D eigenvalue weighted by Crippen LogP contribution is -2.35. The number of nitrogens with zero attached hydrogens (tertiary/aromatic N) is 2. The van der Waals surface area contributed by atoms with Crippen LogP contribution in [0.2, 0.25) is 0 Å². The molecule has 4 nitrogen and oxygen atoms in total. The van der Waals surface area contributed by atoms with E-state index in [1.807, 2.05) is 36.1 Å². The van der Waals surface area contributed by atoms with Crippen molar-refractivity contribution in [3.8, 4) is 5.75 Å². The van der Waals surface area contributed by atoms with Gasteiger partial charge in [0.2, 0.25) is 5.91 Å². The second-order valence-electron chi connectivity index (χ2n) is 6.14. The van der Waals surface area contributed by atoms with Crippen molar-refractivity contribution in [1.29, 1.82) is 0 Å². The molecule has 1 saturated heterocycles. The van der Waals surface area contributed by atoms with Crippen LogP contribution >= 0.6 is 11.8 Å². The summed E-state index contributed by atoms with van der Waals surface area (Å²) < 4.78 is 5.16. The Morgan fingerprint density at radius 1 is 1.41 bits per heavy atom. The number of thioether (sulfide) groups is 1. The fourth-order valence-electron chi connectivity index (χ4n) is 2.86. The first-order chi connectivity index (χ1) is 10.5. The third kappa shape index (κ3) is 4.65. The highest BCUT2D eigenvalue weighted by Gasteiger charge is 2.29. The lowest BCUT2D eigenvalue weighted by molar-refractivity contribution is -0.129. The van der Waals surface area contributed by atoms with Gasteiger partial charge in [-0.25, -0.2) is 0 Å². The second-order valence-corrected chi connectivity index (χ2v) is 7.55. The summed E-state index contributed by atoms with van der Waals surface area (Å²) in [6.45, 7) is 4.84. The molecule has 0 radical (unpaired) electrons. The number of methoxy groups -OCH3 is 1. The predicted octanol–water partition coefficient (Wildman–Crippen LogP) is 2.59. The van der Waals surface area contributed by atoms with Gasteiger partial charge in [0.1, 0.15) is 5.75 Å². The van der Waals surface area contributed by atoms with Gasteiger partial charge in [0.05, 0.1) is 12.4 Å². The monoisotopic (exact) mass is 322 g/mol. The van der Waals surface area contributed by atoms with E-state index in [1.165, 1.54) is 0 Å². The van der Waals surface area contributed by atoms with Crippen LogP contribution in [0.3, 0.4) is 0 Å². The molecule has 0 N–H and O–H groups in total. The Labute approximate surface area is 137 Å². The van der Waals surface area contributed by atoms with E-state index in [-0.39, 0.29) is 11.2 Å². The zero-order chi connectivity index (χ0) is 16.1. The van der Waals surface area contributed by atoms with Crippen molar-refractivity contribution < 1.29 is 9.53 Å². The maximum absolute atomic E-state index is 12.6. The van der Waals surface area contributed by atoms with Gasteiger partial charge in [-0.3, -0.25) is 4.79 Å². The van der Waals surface area contributed by atoms with Crippen LogP contribution in [0.1, 0.15) is 13.3 Å². The van der Waals surface area contributed by atoms with E-state index in [0.717, 1.165) is 36.7 Å². The lowest BCUT2D eigenvalue weighted by Gasteiger charge is -2.21. The lowest BCUT2D eigenvalue weighted by atomic mass is 10.1. The van der Waals surface area contributed by atoms with E-state index < -0.39 is 0 Å². The van der Waals surface area contributed by atoms with E-state index in [4.69, 9.17) is 4.74 Å². The molecule has 1 aliphatic rings. The summed E-state index contributed by atoms with van der Waals surface area (Å²) in [5.41, 5.74) is 0. The molecule has 1 amide bonds. The Morgan fingerprint density at radius 2 is 2.09 bits per heavy atom. The van der Waals surface area contributed by atoms with Crippen molar-refractivity contribution in [2.24, 2.45) is 5.92 Å². The minimum Gasteiger partial charge on any atom is -0.497 e. The molecule has 0 aliphatic carbocycles. The summed E-state index contributed by atoms with van der Waals surface area (Å²) in [6.07, 6.45) is 1.11. The zero-order valence-corrected chi connectivity index (χ0v) is 14.7. The van der Waals surface area contributed by atoms with E-state index in [0.29, 0.717) is 5.92 Å². The topological polar surface area (TPSA) is 32.8 Å². The van der Waals surface area contributed by atoms with Crippen molar-refractivity contribution in [3.63, 3.8) is 0 Å². The number of ether oxygens (including phenoxy) is 1. The Balaban J connectivity index is 1.86. The van der Waals surface area contributed by atoms with Crippen LogP contribution < -0.4 is 4.74 Å². The third-order valence-electron chi connectivity index (χ3n) is 3.94. The van der Waals surface area contributed by atoms with Gasteiger partial charge in [-0.05, 0) is 57.6 Å². The normalized spacial score (nSPS) is 19.5. The molecule has 0 bridgehead atoms. The van der Waals surface area contributed by atoms with Gasteiger partial charge in [-0.2, -0.15) is 0 Å². The minimum absolute atomic E-state index is 0.0495. The van der Waals surface area contributed by atoms with Crippen LogP contribution in [0.4, 0.5) is 0 Å². The average Bonchev–Trinajstić information content (AvgIpc) is 2.94. The van der Waals surface area contributed by atoms with E-state index in [1.54, 1.807) is 18.9 Å². The molecule has 2 rings (SSSR count). The van der Waals surface area contributed by atoms with Crippen molar-refractivity contribution in [2.75, 3.05) is 40.8 Å². The molecule has 1 fully saturated rings. The van der Waals surface area contributed by atoms with Crippen LogP contribution in [0, 0.1) is 5.92 Å². The molecule has 0 saturated carbocycles. The van der Waals surface area contributed by atoms with Gasteiger partial charge < -0.3 is 14.5 Å². The summed E-state index contributed by atoms with van der Waals surface area (Å²) in [5, 5.41) is -0.0495. The first kappa shape index (κ1) is 17.2. The zero-order valence-electron chi connectivity index (χ0n) is 13.9. The summed E-state index contributed by atoms with van der Waals surface area (Å²) >= 11 is 1.62. The van der Waals surface area contributed by atoms with Crippen molar-refractivity contribution in [3.05, 3.63) is 24.3 Å². The highest BCUT2D eigenvalue weighted by atomic mass is 32.2.